The summed E-state index contributed by atoms with van der Waals surface area (Å²) in [6.45, 7) is 0. The van der Waals surface area contributed by atoms with E-state index in [-0.39, 0.29) is 0 Å². The quantitative estimate of drug-likeness (QED) is 0.936. The summed E-state index contributed by atoms with van der Waals surface area (Å²) in [4.78, 5) is 12.7. The second kappa shape index (κ2) is 5.03. The lowest BCUT2D eigenvalue weighted by molar-refractivity contribution is 0.957. The molecule has 0 aromatic carbocycles. The molecule has 0 amide bonds. The van der Waals surface area contributed by atoms with Crippen LogP contribution in [0.4, 0.5) is 5.82 Å². The molecule has 16 heavy (non-hydrogen) atoms. The van der Waals surface area contributed by atoms with Crippen molar-refractivity contribution in [2.75, 3.05) is 12.4 Å². The molecule has 2 heterocycles. The summed E-state index contributed by atoms with van der Waals surface area (Å²) in [5, 5.41) is 3.01. The Morgan fingerprint density at radius 3 is 2.94 bits per heavy atom. The molecule has 0 radical (unpaired) electrons. The van der Waals surface area contributed by atoms with Crippen LogP contribution in [0.3, 0.4) is 0 Å². The minimum atomic E-state index is 0.690. The average Bonchev–Trinajstić information content (AvgIpc) is 2.33. The molecule has 0 atom stereocenters. The third-order valence-corrected chi connectivity index (χ3v) is 2.70. The van der Waals surface area contributed by atoms with Crippen molar-refractivity contribution in [1.82, 2.24) is 15.0 Å². The molecule has 1 N–H and O–H groups in total. The van der Waals surface area contributed by atoms with E-state index in [4.69, 9.17) is 0 Å². The lowest BCUT2D eigenvalue weighted by Crippen LogP contribution is -2.01. The Morgan fingerprint density at radius 2 is 2.25 bits per heavy atom. The van der Waals surface area contributed by atoms with Crippen LogP contribution in [-0.2, 0) is 6.42 Å². The number of hydrogen-bond donors (Lipinski definition) is 1. The highest BCUT2D eigenvalue weighted by Gasteiger charge is 2.04. The number of halogens is 1. The fourth-order valence-corrected chi connectivity index (χ4v) is 1.74. The normalized spacial score (nSPS) is 10.1. The second-order valence-electron chi connectivity index (χ2n) is 3.27. The summed E-state index contributed by atoms with van der Waals surface area (Å²) in [5.41, 5.74) is 1.10. The van der Waals surface area contributed by atoms with Crippen molar-refractivity contribution in [2.45, 2.75) is 6.42 Å². The first-order valence-corrected chi connectivity index (χ1v) is 5.67. The Hall–Kier alpha value is -1.49. The van der Waals surface area contributed by atoms with E-state index in [1.807, 2.05) is 25.4 Å². The fraction of sp³-hybridized carbons (Fsp3) is 0.182. The average molecular weight is 279 g/mol. The van der Waals surface area contributed by atoms with Crippen LogP contribution < -0.4 is 5.32 Å². The number of nitrogens with one attached hydrogen (secondary N) is 1. The molecular weight excluding hydrogens is 268 g/mol. The van der Waals surface area contributed by atoms with Crippen molar-refractivity contribution in [3.8, 4) is 0 Å². The Kier molecular flexibility index (Phi) is 3.46. The molecule has 5 heteroatoms. The standard InChI is InChI=1S/C11H11BrN4/c1-13-11-9(12)7-15-10(16-11)5-8-3-2-4-14-6-8/h2-4,6-7H,5H2,1H3,(H,13,15,16). The van der Waals surface area contributed by atoms with Crippen LogP contribution in [0.1, 0.15) is 11.4 Å². The zero-order valence-corrected chi connectivity index (χ0v) is 10.4. The molecule has 0 aliphatic heterocycles. The first kappa shape index (κ1) is 11.0. The van der Waals surface area contributed by atoms with Gasteiger partial charge in [0.25, 0.3) is 0 Å². The molecule has 2 aromatic heterocycles. The van der Waals surface area contributed by atoms with Crippen LogP contribution in [0.2, 0.25) is 0 Å². The predicted octanol–water partition coefficient (Wildman–Crippen LogP) is 2.27. The minimum Gasteiger partial charge on any atom is -0.372 e. The second-order valence-corrected chi connectivity index (χ2v) is 4.13. The van der Waals surface area contributed by atoms with Gasteiger partial charge in [-0.2, -0.15) is 0 Å². The molecule has 0 unspecified atom stereocenters. The minimum absolute atomic E-state index is 0.690. The van der Waals surface area contributed by atoms with Crippen LogP contribution >= 0.6 is 15.9 Å². The van der Waals surface area contributed by atoms with Crippen LogP contribution in [-0.4, -0.2) is 22.0 Å². The third-order valence-electron chi connectivity index (χ3n) is 2.12. The summed E-state index contributed by atoms with van der Waals surface area (Å²) in [7, 11) is 1.83. The maximum absolute atomic E-state index is 4.39. The van der Waals surface area contributed by atoms with Gasteiger partial charge in [-0.25, -0.2) is 9.97 Å². The molecule has 82 valence electrons. The number of hydrogen-bond acceptors (Lipinski definition) is 4. The van der Waals surface area contributed by atoms with E-state index in [2.05, 4.69) is 36.2 Å². The van der Waals surface area contributed by atoms with Gasteiger partial charge < -0.3 is 5.32 Å². The number of pyridine rings is 1. The van der Waals surface area contributed by atoms with Crippen LogP contribution in [0, 0.1) is 0 Å². The SMILES string of the molecule is CNc1nc(Cc2cccnc2)ncc1Br. The van der Waals surface area contributed by atoms with Crippen molar-refractivity contribution in [1.29, 1.82) is 0 Å². The largest absolute Gasteiger partial charge is 0.372 e. The van der Waals surface area contributed by atoms with Crippen molar-refractivity contribution >= 4 is 21.7 Å². The highest BCUT2D eigenvalue weighted by Crippen LogP contribution is 2.18. The number of rotatable bonds is 3. The van der Waals surface area contributed by atoms with E-state index in [0.717, 1.165) is 21.7 Å². The Morgan fingerprint density at radius 1 is 1.38 bits per heavy atom. The Balaban J connectivity index is 2.22. The van der Waals surface area contributed by atoms with Crippen molar-refractivity contribution in [3.05, 3.63) is 46.6 Å². The molecule has 0 saturated carbocycles. The van der Waals surface area contributed by atoms with Crippen LogP contribution in [0.5, 0.6) is 0 Å². The maximum Gasteiger partial charge on any atom is 0.143 e. The van der Waals surface area contributed by atoms with Gasteiger partial charge in [0.1, 0.15) is 11.6 Å². The van der Waals surface area contributed by atoms with E-state index in [9.17, 15) is 0 Å². The van der Waals surface area contributed by atoms with Gasteiger partial charge in [-0.3, -0.25) is 4.98 Å². The topological polar surface area (TPSA) is 50.7 Å². The number of aromatic nitrogens is 3. The van der Waals surface area contributed by atoms with Crippen molar-refractivity contribution < 1.29 is 0 Å². The third kappa shape index (κ3) is 2.55. The lowest BCUT2D eigenvalue weighted by atomic mass is 10.2. The molecule has 0 aliphatic rings. The van der Waals surface area contributed by atoms with Gasteiger partial charge in [0.15, 0.2) is 0 Å². The molecule has 0 spiro atoms. The van der Waals surface area contributed by atoms with Crippen LogP contribution in [0.15, 0.2) is 35.2 Å². The number of anilines is 1. The monoisotopic (exact) mass is 278 g/mol. The smallest absolute Gasteiger partial charge is 0.143 e. The maximum atomic E-state index is 4.39. The van der Waals surface area contributed by atoms with E-state index in [1.165, 1.54) is 0 Å². The van der Waals surface area contributed by atoms with Gasteiger partial charge >= 0.3 is 0 Å². The molecule has 0 fully saturated rings. The molecule has 0 aliphatic carbocycles. The molecular formula is C11H11BrN4. The number of nitrogens with zero attached hydrogens (tertiary/aromatic N) is 3. The summed E-state index contributed by atoms with van der Waals surface area (Å²) >= 11 is 3.38. The van der Waals surface area contributed by atoms with E-state index >= 15 is 0 Å². The van der Waals surface area contributed by atoms with Gasteiger partial charge in [0.2, 0.25) is 0 Å². The first-order chi connectivity index (χ1) is 7.79. The molecule has 2 rings (SSSR count). The van der Waals surface area contributed by atoms with Crippen molar-refractivity contribution in [2.24, 2.45) is 0 Å². The Labute approximate surface area is 102 Å². The summed E-state index contributed by atoms with van der Waals surface area (Å²) < 4.78 is 0.866. The molecule has 0 bridgehead atoms. The zero-order valence-electron chi connectivity index (χ0n) is 8.81. The van der Waals surface area contributed by atoms with Gasteiger partial charge in [0, 0.05) is 32.1 Å². The Bertz CT molecular complexity index is 473. The van der Waals surface area contributed by atoms with Gasteiger partial charge in [-0.05, 0) is 27.6 Å². The van der Waals surface area contributed by atoms with Crippen molar-refractivity contribution in [3.63, 3.8) is 0 Å². The first-order valence-electron chi connectivity index (χ1n) is 4.87. The highest BCUT2D eigenvalue weighted by atomic mass is 79.9. The summed E-state index contributed by atoms with van der Waals surface area (Å²) in [5.74, 6) is 1.58. The summed E-state index contributed by atoms with van der Waals surface area (Å²) in [6.07, 6.45) is 6.02. The highest BCUT2D eigenvalue weighted by molar-refractivity contribution is 9.10. The fourth-order valence-electron chi connectivity index (χ4n) is 1.35. The van der Waals surface area contributed by atoms with E-state index < -0.39 is 0 Å². The molecule has 4 nitrogen and oxygen atoms in total. The predicted molar refractivity (Wildman–Crippen MR) is 66.3 cm³/mol. The zero-order chi connectivity index (χ0) is 11.4. The van der Waals surface area contributed by atoms with E-state index in [1.54, 1.807) is 12.4 Å². The lowest BCUT2D eigenvalue weighted by Gasteiger charge is -2.05. The molecule has 2 aromatic rings. The van der Waals surface area contributed by atoms with E-state index in [0.29, 0.717) is 6.42 Å². The van der Waals surface area contributed by atoms with Gasteiger partial charge in [-0.1, -0.05) is 6.07 Å². The van der Waals surface area contributed by atoms with Crippen LogP contribution in [0.25, 0.3) is 0 Å². The van der Waals surface area contributed by atoms with Gasteiger partial charge in [0.05, 0.1) is 4.47 Å². The van der Waals surface area contributed by atoms with Gasteiger partial charge in [-0.15, -0.1) is 0 Å². The molecule has 0 saturated heterocycles. The summed E-state index contributed by atoms with van der Waals surface area (Å²) in [6, 6.07) is 3.92.